The molecule has 1 aliphatic heterocycles. The van der Waals surface area contributed by atoms with E-state index in [9.17, 15) is 0 Å². The highest BCUT2D eigenvalue weighted by Gasteiger charge is 2.70. The van der Waals surface area contributed by atoms with Gasteiger partial charge in [0.05, 0.1) is 6.10 Å². The van der Waals surface area contributed by atoms with Crippen molar-refractivity contribution >= 4 is 15.9 Å². The van der Waals surface area contributed by atoms with Gasteiger partial charge in [-0.1, -0.05) is 29.8 Å². The van der Waals surface area contributed by atoms with Crippen molar-refractivity contribution in [2.45, 2.75) is 39.7 Å². The Morgan fingerprint density at radius 3 is 2.62 bits per heavy atom. The maximum Gasteiger partial charge on any atom is 0.0552 e. The Morgan fingerprint density at radius 1 is 1.46 bits per heavy atom. The molecule has 1 heterocycles. The molecule has 0 amide bonds. The zero-order valence-electron chi connectivity index (χ0n) is 8.77. The molecule has 1 aliphatic carbocycles. The second-order valence-electron chi connectivity index (χ2n) is 5.22. The molecule has 2 heteroatoms. The zero-order valence-corrected chi connectivity index (χ0v) is 10.4. The quantitative estimate of drug-likeness (QED) is 0.646. The third-order valence-electron chi connectivity index (χ3n) is 4.49. The van der Waals surface area contributed by atoms with E-state index in [4.69, 9.17) is 4.74 Å². The maximum atomic E-state index is 5.62. The van der Waals surface area contributed by atoms with E-state index < -0.39 is 0 Å². The number of hydrogen-bond donors (Lipinski definition) is 0. The lowest BCUT2D eigenvalue weighted by atomic mass is 9.85. The highest BCUT2D eigenvalue weighted by molar-refractivity contribution is 9.09. The fourth-order valence-corrected chi connectivity index (χ4v) is 4.85. The summed E-state index contributed by atoms with van der Waals surface area (Å²) in [4.78, 5) is 0. The fraction of sp³-hybridized carbons (Fsp3) is 1.00. The molecule has 1 saturated heterocycles. The molecule has 0 N–H and O–H groups in total. The summed E-state index contributed by atoms with van der Waals surface area (Å²) in [5, 5.41) is 1.16. The third-order valence-corrected chi connectivity index (χ3v) is 5.14. The molecule has 3 unspecified atom stereocenters. The summed E-state index contributed by atoms with van der Waals surface area (Å²) >= 11 is 3.64. The normalized spacial score (nSPS) is 48.0. The maximum absolute atomic E-state index is 5.62. The molecule has 2 rings (SSSR count). The average Bonchev–Trinajstić information content (AvgIpc) is 2.46. The van der Waals surface area contributed by atoms with Crippen LogP contribution in [0.25, 0.3) is 0 Å². The van der Waals surface area contributed by atoms with E-state index in [0.29, 0.717) is 16.9 Å². The van der Waals surface area contributed by atoms with Crippen molar-refractivity contribution in [2.75, 3.05) is 11.9 Å². The molecule has 0 bridgehead atoms. The zero-order chi connectivity index (χ0) is 9.69. The number of rotatable bonds is 1. The van der Waals surface area contributed by atoms with Crippen LogP contribution in [0, 0.1) is 16.7 Å². The third kappa shape index (κ3) is 1.21. The van der Waals surface area contributed by atoms with Gasteiger partial charge in [0.15, 0.2) is 0 Å². The van der Waals surface area contributed by atoms with Gasteiger partial charge in [0, 0.05) is 11.9 Å². The summed E-state index contributed by atoms with van der Waals surface area (Å²) in [6.07, 6.45) is 2.99. The lowest BCUT2D eigenvalue weighted by molar-refractivity contribution is -0.0171. The second kappa shape index (κ2) is 2.96. The Morgan fingerprint density at radius 2 is 2.15 bits per heavy atom. The van der Waals surface area contributed by atoms with Gasteiger partial charge < -0.3 is 4.74 Å². The van der Waals surface area contributed by atoms with Crippen molar-refractivity contribution < 1.29 is 4.74 Å². The summed E-state index contributed by atoms with van der Waals surface area (Å²) in [6.45, 7) is 8.00. The van der Waals surface area contributed by atoms with E-state index in [1.165, 1.54) is 12.8 Å². The number of hydrogen-bond acceptors (Lipinski definition) is 1. The van der Waals surface area contributed by atoms with Crippen LogP contribution in [0.3, 0.4) is 0 Å². The molecule has 13 heavy (non-hydrogen) atoms. The summed E-state index contributed by atoms with van der Waals surface area (Å²) in [5.74, 6) is 0.867. The molecule has 3 atom stereocenters. The fourth-order valence-electron chi connectivity index (χ4n) is 3.42. The molecule has 0 aromatic rings. The minimum Gasteiger partial charge on any atom is -0.378 e. The molecule has 2 fully saturated rings. The smallest absolute Gasteiger partial charge is 0.0552 e. The van der Waals surface area contributed by atoms with Crippen molar-refractivity contribution in [1.29, 1.82) is 0 Å². The Bertz CT molecular complexity index is 214. The highest BCUT2D eigenvalue weighted by atomic mass is 79.9. The van der Waals surface area contributed by atoms with E-state index >= 15 is 0 Å². The Labute approximate surface area is 89.4 Å². The Kier molecular flexibility index (Phi) is 2.27. The van der Waals surface area contributed by atoms with E-state index in [-0.39, 0.29) is 0 Å². The highest BCUT2D eigenvalue weighted by Crippen LogP contribution is 2.74. The van der Waals surface area contributed by atoms with Crippen molar-refractivity contribution in [3.8, 4) is 0 Å². The molecule has 0 aromatic carbocycles. The lowest BCUT2D eigenvalue weighted by Crippen LogP contribution is -2.27. The van der Waals surface area contributed by atoms with Gasteiger partial charge in [0.2, 0.25) is 0 Å². The molecule has 0 radical (unpaired) electrons. The average molecular weight is 247 g/mol. The van der Waals surface area contributed by atoms with Crippen LogP contribution in [0.4, 0.5) is 0 Å². The minimum atomic E-state index is 0.470. The van der Waals surface area contributed by atoms with Gasteiger partial charge in [0.1, 0.15) is 0 Å². The van der Waals surface area contributed by atoms with Gasteiger partial charge in [-0.25, -0.2) is 0 Å². The molecular weight excluding hydrogens is 228 g/mol. The van der Waals surface area contributed by atoms with Gasteiger partial charge in [-0.2, -0.15) is 0 Å². The summed E-state index contributed by atoms with van der Waals surface area (Å²) < 4.78 is 5.62. The molecule has 1 saturated carbocycles. The summed E-state index contributed by atoms with van der Waals surface area (Å²) in [7, 11) is 0. The van der Waals surface area contributed by atoms with Crippen LogP contribution in [-0.2, 0) is 4.74 Å². The largest absolute Gasteiger partial charge is 0.378 e. The Hall–Kier alpha value is 0.440. The van der Waals surface area contributed by atoms with Crippen LogP contribution in [0.1, 0.15) is 33.6 Å². The standard InChI is InChI=1S/C11H19BrO/c1-8-6-11(4-5-13-8)9(7-12)10(11,2)3/h8-9H,4-7H2,1-3H3. The topological polar surface area (TPSA) is 9.23 Å². The number of halogens is 1. The first-order chi connectivity index (χ1) is 6.04. The van der Waals surface area contributed by atoms with Crippen LogP contribution < -0.4 is 0 Å². The number of alkyl halides is 1. The lowest BCUT2D eigenvalue weighted by Gasteiger charge is -2.30. The van der Waals surface area contributed by atoms with Gasteiger partial charge in [0.25, 0.3) is 0 Å². The monoisotopic (exact) mass is 246 g/mol. The van der Waals surface area contributed by atoms with E-state index in [1.807, 2.05) is 0 Å². The number of ether oxygens (including phenoxy) is 1. The molecule has 2 aliphatic rings. The van der Waals surface area contributed by atoms with E-state index in [0.717, 1.165) is 17.9 Å². The first-order valence-corrected chi connectivity index (χ1v) is 6.34. The van der Waals surface area contributed by atoms with Crippen LogP contribution in [-0.4, -0.2) is 18.0 Å². The van der Waals surface area contributed by atoms with E-state index in [1.54, 1.807) is 0 Å². The minimum absolute atomic E-state index is 0.470. The summed E-state index contributed by atoms with van der Waals surface area (Å²) in [6, 6.07) is 0. The SMILES string of the molecule is CC1CC2(CCO1)C(CBr)C2(C)C. The molecule has 1 nitrogen and oxygen atoms in total. The van der Waals surface area contributed by atoms with Crippen molar-refractivity contribution in [1.82, 2.24) is 0 Å². The van der Waals surface area contributed by atoms with Crippen molar-refractivity contribution in [3.05, 3.63) is 0 Å². The van der Waals surface area contributed by atoms with Crippen LogP contribution in [0.15, 0.2) is 0 Å². The molecule has 0 aromatic heterocycles. The predicted molar refractivity (Wildman–Crippen MR) is 58.1 cm³/mol. The first-order valence-electron chi connectivity index (χ1n) is 5.22. The van der Waals surface area contributed by atoms with Gasteiger partial charge >= 0.3 is 0 Å². The Balaban J connectivity index is 2.14. The second-order valence-corrected chi connectivity index (χ2v) is 5.87. The predicted octanol–water partition coefficient (Wildman–Crippen LogP) is 3.22. The van der Waals surface area contributed by atoms with Gasteiger partial charge in [-0.15, -0.1) is 0 Å². The van der Waals surface area contributed by atoms with Gasteiger partial charge in [-0.05, 0) is 36.5 Å². The van der Waals surface area contributed by atoms with Crippen LogP contribution >= 0.6 is 15.9 Å². The van der Waals surface area contributed by atoms with Crippen LogP contribution in [0.5, 0.6) is 0 Å². The molecule has 1 spiro atoms. The molecule has 76 valence electrons. The first kappa shape index (κ1) is 9.97. The van der Waals surface area contributed by atoms with Crippen molar-refractivity contribution in [2.24, 2.45) is 16.7 Å². The van der Waals surface area contributed by atoms with E-state index in [2.05, 4.69) is 36.7 Å². The van der Waals surface area contributed by atoms with Crippen LogP contribution in [0.2, 0.25) is 0 Å². The van der Waals surface area contributed by atoms with Crippen molar-refractivity contribution in [3.63, 3.8) is 0 Å². The molecular formula is C11H19BrO. The van der Waals surface area contributed by atoms with Gasteiger partial charge in [-0.3, -0.25) is 0 Å². The summed E-state index contributed by atoms with van der Waals surface area (Å²) in [5.41, 5.74) is 1.13.